The largest absolute Gasteiger partial charge is 0.331 e. The van der Waals surface area contributed by atoms with Gasteiger partial charge in [0, 0.05) is 11.6 Å². The molecule has 1 aromatic rings. The smallest absolute Gasteiger partial charge is 0.305 e. The number of benzene rings is 1. The lowest BCUT2D eigenvalue weighted by molar-refractivity contribution is 0.102. The Bertz CT molecular complexity index is 491. The van der Waals surface area contributed by atoms with E-state index >= 15 is 0 Å². The number of imide groups is 1. The van der Waals surface area contributed by atoms with Gasteiger partial charge in [0.15, 0.2) is 6.29 Å². The standard InChI is InChI=1S/C12H15ClN4O2/c1-2-16-11(18)15-10(14)17(12(16)19)7-8-3-5-9(13)6-4-8/h3-6,10H,2,7,14H2,1H3,(H,15,18). The van der Waals surface area contributed by atoms with Gasteiger partial charge in [-0.1, -0.05) is 23.7 Å². The van der Waals surface area contributed by atoms with Gasteiger partial charge in [0.2, 0.25) is 0 Å². The van der Waals surface area contributed by atoms with Crippen LogP contribution in [0.15, 0.2) is 24.3 Å². The first-order valence-electron chi connectivity index (χ1n) is 5.91. The molecule has 0 radical (unpaired) electrons. The molecule has 1 aliphatic rings. The van der Waals surface area contributed by atoms with Crippen molar-refractivity contribution < 1.29 is 9.59 Å². The Morgan fingerprint density at radius 3 is 2.53 bits per heavy atom. The first kappa shape index (κ1) is 13.6. The Morgan fingerprint density at radius 2 is 1.95 bits per heavy atom. The summed E-state index contributed by atoms with van der Waals surface area (Å²) in [6.45, 7) is 2.34. The van der Waals surface area contributed by atoms with Crippen molar-refractivity contribution in [2.45, 2.75) is 19.8 Å². The summed E-state index contributed by atoms with van der Waals surface area (Å²) >= 11 is 5.81. The predicted molar refractivity (Wildman–Crippen MR) is 71.3 cm³/mol. The molecule has 1 aliphatic heterocycles. The number of amides is 4. The van der Waals surface area contributed by atoms with E-state index in [9.17, 15) is 9.59 Å². The third kappa shape index (κ3) is 2.80. The van der Waals surface area contributed by atoms with Crippen molar-refractivity contribution in [2.75, 3.05) is 6.54 Å². The molecule has 6 nitrogen and oxygen atoms in total. The maximum absolute atomic E-state index is 12.1. The van der Waals surface area contributed by atoms with Crippen LogP contribution in [0.2, 0.25) is 5.02 Å². The molecule has 2 rings (SSSR count). The Labute approximate surface area is 116 Å². The molecule has 0 saturated carbocycles. The van der Waals surface area contributed by atoms with Gasteiger partial charge >= 0.3 is 12.1 Å². The second-order valence-corrected chi connectivity index (χ2v) is 4.61. The Hall–Kier alpha value is -1.79. The molecule has 0 aromatic heterocycles. The number of urea groups is 2. The lowest BCUT2D eigenvalue weighted by atomic mass is 10.2. The van der Waals surface area contributed by atoms with Crippen LogP contribution < -0.4 is 11.1 Å². The van der Waals surface area contributed by atoms with Gasteiger partial charge in [0.05, 0.1) is 6.54 Å². The number of hydrogen-bond donors (Lipinski definition) is 2. The minimum absolute atomic E-state index is 0.300. The zero-order valence-electron chi connectivity index (χ0n) is 10.5. The van der Waals surface area contributed by atoms with Crippen LogP contribution in [-0.2, 0) is 6.54 Å². The van der Waals surface area contributed by atoms with Crippen molar-refractivity contribution >= 4 is 23.7 Å². The molecule has 1 aromatic carbocycles. The number of nitrogens with zero attached hydrogens (tertiary/aromatic N) is 2. The van der Waals surface area contributed by atoms with Crippen molar-refractivity contribution in [2.24, 2.45) is 5.73 Å². The quantitative estimate of drug-likeness (QED) is 0.883. The summed E-state index contributed by atoms with van der Waals surface area (Å²) in [6.07, 6.45) is -0.821. The lowest BCUT2D eigenvalue weighted by Crippen LogP contribution is -2.67. The van der Waals surface area contributed by atoms with E-state index in [0.717, 1.165) is 10.5 Å². The van der Waals surface area contributed by atoms with Crippen LogP contribution in [0.5, 0.6) is 0 Å². The molecule has 4 amide bonds. The highest BCUT2D eigenvalue weighted by atomic mass is 35.5. The summed E-state index contributed by atoms with van der Waals surface area (Å²) in [5.41, 5.74) is 6.66. The molecule has 1 atom stereocenters. The lowest BCUT2D eigenvalue weighted by Gasteiger charge is -2.38. The predicted octanol–water partition coefficient (Wildman–Crippen LogP) is 1.55. The van der Waals surface area contributed by atoms with E-state index in [1.807, 2.05) is 12.1 Å². The molecule has 0 bridgehead atoms. The monoisotopic (exact) mass is 282 g/mol. The first-order chi connectivity index (χ1) is 9.02. The van der Waals surface area contributed by atoms with Gasteiger partial charge in [-0.25, -0.2) is 14.5 Å². The number of carbonyl (C=O) groups is 2. The van der Waals surface area contributed by atoms with Gasteiger partial charge in [-0.05, 0) is 24.6 Å². The van der Waals surface area contributed by atoms with Crippen molar-refractivity contribution in [3.05, 3.63) is 34.9 Å². The SMILES string of the molecule is CCN1C(=O)NC(N)N(Cc2ccc(Cl)cc2)C1=O. The van der Waals surface area contributed by atoms with E-state index in [4.69, 9.17) is 17.3 Å². The molecule has 0 aliphatic carbocycles. The van der Waals surface area contributed by atoms with E-state index in [1.54, 1.807) is 19.1 Å². The Morgan fingerprint density at radius 1 is 1.32 bits per heavy atom. The van der Waals surface area contributed by atoms with Crippen LogP contribution in [-0.4, -0.2) is 34.7 Å². The average molecular weight is 283 g/mol. The highest BCUT2D eigenvalue weighted by Gasteiger charge is 2.35. The Balaban J connectivity index is 2.16. The molecule has 1 heterocycles. The minimum Gasteiger partial charge on any atom is -0.305 e. The van der Waals surface area contributed by atoms with Gasteiger partial charge in [-0.15, -0.1) is 0 Å². The highest BCUT2D eigenvalue weighted by molar-refractivity contribution is 6.30. The zero-order chi connectivity index (χ0) is 14.0. The molecular weight excluding hydrogens is 268 g/mol. The maximum Gasteiger partial charge on any atom is 0.331 e. The van der Waals surface area contributed by atoms with Crippen molar-refractivity contribution in [3.63, 3.8) is 0 Å². The first-order valence-corrected chi connectivity index (χ1v) is 6.29. The van der Waals surface area contributed by atoms with Gasteiger partial charge in [-0.2, -0.15) is 0 Å². The second kappa shape index (κ2) is 5.46. The van der Waals surface area contributed by atoms with Gasteiger partial charge in [0.25, 0.3) is 0 Å². The topological polar surface area (TPSA) is 78.7 Å². The molecule has 1 saturated heterocycles. The van der Waals surface area contributed by atoms with Crippen LogP contribution in [0.1, 0.15) is 12.5 Å². The molecule has 1 unspecified atom stereocenters. The fourth-order valence-electron chi connectivity index (χ4n) is 1.87. The van der Waals surface area contributed by atoms with Gasteiger partial charge in [0.1, 0.15) is 0 Å². The summed E-state index contributed by atoms with van der Waals surface area (Å²) < 4.78 is 0. The fourth-order valence-corrected chi connectivity index (χ4v) is 2.00. The highest BCUT2D eigenvalue weighted by Crippen LogP contribution is 2.15. The van der Waals surface area contributed by atoms with Crippen LogP contribution in [0, 0.1) is 0 Å². The molecule has 0 spiro atoms. The van der Waals surface area contributed by atoms with Gasteiger partial charge < -0.3 is 5.32 Å². The zero-order valence-corrected chi connectivity index (χ0v) is 11.2. The number of carbonyl (C=O) groups excluding carboxylic acids is 2. The van der Waals surface area contributed by atoms with E-state index in [2.05, 4.69) is 5.32 Å². The molecule has 102 valence electrons. The average Bonchev–Trinajstić information content (AvgIpc) is 2.37. The Kier molecular flexibility index (Phi) is 3.92. The van der Waals surface area contributed by atoms with Crippen molar-refractivity contribution in [1.82, 2.24) is 15.1 Å². The normalized spacial score (nSPS) is 19.6. The molecule has 3 N–H and O–H groups in total. The number of halogens is 1. The molecular formula is C12H15ClN4O2. The second-order valence-electron chi connectivity index (χ2n) is 4.18. The summed E-state index contributed by atoms with van der Waals surface area (Å²) in [5, 5.41) is 3.16. The fraction of sp³-hybridized carbons (Fsp3) is 0.333. The number of nitrogens with two attached hydrogens (primary N) is 1. The van der Waals surface area contributed by atoms with Crippen molar-refractivity contribution in [1.29, 1.82) is 0 Å². The molecule has 7 heteroatoms. The summed E-state index contributed by atoms with van der Waals surface area (Å²) in [4.78, 5) is 26.2. The maximum atomic E-state index is 12.1. The van der Waals surface area contributed by atoms with Crippen molar-refractivity contribution in [3.8, 4) is 0 Å². The van der Waals surface area contributed by atoms with Gasteiger partial charge in [-0.3, -0.25) is 10.6 Å². The van der Waals surface area contributed by atoms with E-state index < -0.39 is 18.4 Å². The van der Waals surface area contributed by atoms with E-state index in [-0.39, 0.29) is 0 Å². The third-order valence-electron chi connectivity index (χ3n) is 2.91. The number of nitrogens with one attached hydrogen (secondary N) is 1. The van der Waals surface area contributed by atoms with Crippen LogP contribution >= 0.6 is 11.6 Å². The summed E-state index contributed by atoms with van der Waals surface area (Å²) in [5.74, 6) is 0. The number of rotatable bonds is 3. The molecule has 19 heavy (non-hydrogen) atoms. The minimum atomic E-state index is -0.821. The van der Waals surface area contributed by atoms with Crippen LogP contribution in [0.3, 0.4) is 0 Å². The number of hydrogen-bond acceptors (Lipinski definition) is 3. The van der Waals surface area contributed by atoms with E-state index in [0.29, 0.717) is 18.1 Å². The van der Waals surface area contributed by atoms with Crippen LogP contribution in [0.4, 0.5) is 9.59 Å². The molecule has 1 fully saturated rings. The van der Waals surface area contributed by atoms with E-state index in [1.165, 1.54) is 4.90 Å². The third-order valence-corrected chi connectivity index (χ3v) is 3.16. The summed E-state index contributed by atoms with van der Waals surface area (Å²) in [6, 6.07) is 6.26. The summed E-state index contributed by atoms with van der Waals surface area (Å²) in [7, 11) is 0. The van der Waals surface area contributed by atoms with Crippen LogP contribution in [0.25, 0.3) is 0 Å².